The van der Waals surface area contributed by atoms with E-state index in [0.717, 1.165) is 55.1 Å². The normalized spacial score (nSPS) is 19.0. The lowest BCUT2D eigenvalue weighted by Crippen LogP contribution is -2.47. The van der Waals surface area contributed by atoms with Gasteiger partial charge in [0, 0.05) is 23.5 Å². The summed E-state index contributed by atoms with van der Waals surface area (Å²) in [5.74, 6) is -0.211. The van der Waals surface area contributed by atoms with Crippen molar-refractivity contribution < 1.29 is 37.1 Å². The molecule has 0 aliphatic carbocycles. The van der Waals surface area contributed by atoms with Gasteiger partial charge in [0.2, 0.25) is 17.7 Å². The van der Waals surface area contributed by atoms with E-state index >= 15 is 0 Å². The summed E-state index contributed by atoms with van der Waals surface area (Å²) in [5.41, 5.74) is -0.755. The summed E-state index contributed by atoms with van der Waals surface area (Å²) in [7, 11) is 0. The molecule has 3 N–H and O–H groups in total. The maximum atomic E-state index is 13.8. The maximum absolute atomic E-state index is 13.8. The Balaban J connectivity index is 1.01. The van der Waals surface area contributed by atoms with Crippen LogP contribution in [-0.4, -0.2) is 76.4 Å². The number of imide groups is 1. The van der Waals surface area contributed by atoms with E-state index in [2.05, 4.69) is 25.8 Å². The minimum absolute atomic E-state index is 0.0182. The molecule has 3 fully saturated rings. The van der Waals surface area contributed by atoms with Crippen LogP contribution in [0, 0.1) is 17.2 Å². The molecule has 58 heavy (non-hydrogen) atoms. The molecular formula is C41H45F3N8O5S. The van der Waals surface area contributed by atoms with Crippen LogP contribution >= 0.6 is 12.2 Å². The molecule has 0 bridgehead atoms. The van der Waals surface area contributed by atoms with Crippen molar-refractivity contribution >= 4 is 63.7 Å². The van der Waals surface area contributed by atoms with Crippen LogP contribution in [-0.2, 0) is 25.4 Å². The number of pyridine rings is 1. The second kappa shape index (κ2) is 17.1. The molecule has 17 heteroatoms. The van der Waals surface area contributed by atoms with Crippen molar-refractivity contribution in [3.8, 4) is 11.8 Å². The highest BCUT2D eigenvalue weighted by molar-refractivity contribution is 7.81. The van der Waals surface area contributed by atoms with E-state index < -0.39 is 34.9 Å². The SMILES string of the molecule is CC(C)c1cc(N2C(=S)N(c3cnc(C#N)c(C(F)(F)F)c3)C(=O)C2(C)C)ccc1OCCC1CCN(CC(=O)Nc2cccc(NC3CCC(=O)NC3=O)c2)CC1. The molecule has 4 heterocycles. The number of aromatic nitrogens is 1. The van der Waals surface area contributed by atoms with E-state index in [9.17, 15) is 37.6 Å². The number of amides is 4. The summed E-state index contributed by atoms with van der Waals surface area (Å²) in [6.07, 6.45) is -0.517. The van der Waals surface area contributed by atoms with Crippen molar-refractivity contribution in [2.24, 2.45) is 5.92 Å². The fourth-order valence-electron chi connectivity index (χ4n) is 7.49. The summed E-state index contributed by atoms with van der Waals surface area (Å²) in [4.78, 5) is 58.6. The minimum atomic E-state index is -4.86. The van der Waals surface area contributed by atoms with E-state index in [1.54, 1.807) is 49.1 Å². The minimum Gasteiger partial charge on any atom is -0.493 e. The number of benzene rings is 2. The molecular weight excluding hydrogens is 774 g/mol. The molecule has 6 rings (SSSR count). The third-order valence-corrected chi connectivity index (χ3v) is 11.0. The average Bonchev–Trinajstić information content (AvgIpc) is 3.34. The topological polar surface area (TPSA) is 160 Å². The van der Waals surface area contributed by atoms with Gasteiger partial charge in [-0.2, -0.15) is 18.4 Å². The van der Waals surface area contributed by atoms with Crippen LogP contribution in [0.3, 0.4) is 0 Å². The number of carbonyl (C=O) groups is 4. The average molecular weight is 819 g/mol. The molecule has 306 valence electrons. The quantitative estimate of drug-likeness (QED) is 0.138. The predicted molar refractivity (Wildman–Crippen MR) is 215 cm³/mol. The van der Waals surface area contributed by atoms with Crippen LogP contribution < -0.4 is 30.5 Å². The van der Waals surface area contributed by atoms with E-state index in [1.165, 1.54) is 6.07 Å². The van der Waals surface area contributed by atoms with Crippen LogP contribution in [0.4, 0.5) is 35.9 Å². The summed E-state index contributed by atoms with van der Waals surface area (Å²) in [5, 5.41) is 17.6. The van der Waals surface area contributed by atoms with Gasteiger partial charge < -0.3 is 20.3 Å². The number of ether oxygens (including phenoxy) is 1. The Labute approximate surface area is 339 Å². The van der Waals surface area contributed by atoms with Gasteiger partial charge in [0.1, 0.15) is 23.4 Å². The zero-order valence-electron chi connectivity index (χ0n) is 32.6. The number of hydrogen-bond acceptors (Lipinski definition) is 10. The molecule has 0 spiro atoms. The standard InChI is InChI=1S/C41H45F3N8O5S/c1-24(2)30-19-28(52-39(58)51(38(56)40(52,3)4)29-20-31(41(42,43)44)33(21-45)46-22-29)8-10-34(30)57-17-14-25-12-15-50(16-13-25)23-36(54)48-27-7-5-6-26(18-27)47-32-9-11-35(53)49-37(32)55/h5-8,10,18-20,22,24-25,32,47H,9,11-17,23H2,1-4H3,(H,48,54)(H,49,53,55). The summed E-state index contributed by atoms with van der Waals surface area (Å²) >= 11 is 5.71. The van der Waals surface area contributed by atoms with E-state index in [1.807, 2.05) is 26.0 Å². The van der Waals surface area contributed by atoms with Gasteiger partial charge in [0.05, 0.1) is 30.6 Å². The van der Waals surface area contributed by atoms with Crippen LogP contribution in [0.25, 0.3) is 0 Å². The Kier molecular flexibility index (Phi) is 12.4. The number of nitriles is 1. The highest BCUT2D eigenvalue weighted by atomic mass is 32.1. The van der Waals surface area contributed by atoms with Gasteiger partial charge in [-0.3, -0.25) is 34.3 Å². The summed E-state index contributed by atoms with van der Waals surface area (Å²) in [6, 6.07) is 14.3. The van der Waals surface area contributed by atoms with Gasteiger partial charge in [0.15, 0.2) is 10.8 Å². The molecule has 1 aromatic heterocycles. The number of anilines is 4. The van der Waals surface area contributed by atoms with E-state index in [-0.39, 0.29) is 47.4 Å². The molecule has 1 atom stereocenters. The molecule has 3 saturated heterocycles. The highest BCUT2D eigenvalue weighted by Crippen LogP contribution is 2.41. The van der Waals surface area contributed by atoms with Gasteiger partial charge in [0.25, 0.3) is 5.91 Å². The Bertz CT molecular complexity index is 2150. The molecule has 0 radical (unpaired) electrons. The zero-order chi connectivity index (χ0) is 41.9. The first kappa shape index (κ1) is 42.0. The Morgan fingerprint density at radius 2 is 1.79 bits per heavy atom. The third-order valence-electron chi connectivity index (χ3n) is 10.7. The van der Waals surface area contributed by atoms with E-state index in [4.69, 9.17) is 17.0 Å². The predicted octanol–water partition coefficient (Wildman–Crippen LogP) is 6.35. The zero-order valence-corrected chi connectivity index (χ0v) is 33.4. The first-order valence-corrected chi connectivity index (χ1v) is 19.5. The fraction of sp³-hybridized carbons (Fsp3) is 0.439. The largest absolute Gasteiger partial charge is 0.493 e. The van der Waals surface area contributed by atoms with Gasteiger partial charge in [-0.15, -0.1) is 0 Å². The number of nitrogens with one attached hydrogen (secondary N) is 3. The van der Waals surface area contributed by atoms with Crippen molar-refractivity contribution in [2.75, 3.05) is 46.7 Å². The number of thiocarbonyl (C=S) groups is 1. The number of hydrogen-bond donors (Lipinski definition) is 3. The fourth-order valence-corrected chi connectivity index (χ4v) is 8.01. The van der Waals surface area contributed by atoms with Crippen molar-refractivity contribution in [3.05, 3.63) is 71.5 Å². The van der Waals surface area contributed by atoms with Crippen LogP contribution in [0.5, 0.6) is 5.75 Å². The Morgan fingerprint density at radius 1 is 1.07 bits per heavy atom. The molecule has 3 aromatic rings. The van der Waals surface area contributed by atoms with Crippen molar-refractivity contribution in [1.82, 2.24) is 15.2 Å². The van der Waals surface area contributed by atoms with Crippen molar-refractivity contribution in [2.45, 2.75) is 83.5 Å². The van der Waals surface area contributed by atoms with Crippen molar-refractivity contribution in [3.63, 3.8) is 0 Å². The molecule has 3 aliphatic heterocycles. The number of likely N-dealkylation sites (tertiary alicyclic amines) is 1. The molecule has 2 aromatic carbocycles. The number of alkyl halides is 3. The first-order chi connectivity index (χ1) is 27.5. The number of carbonyl (C=O) groups excluding carboxylic acids is 4. The van der Waals surface area contributed by atoms with Gasteiger partial charge in [-0.1, -0.05) is 19.9 Å². The van der Waals surface area contributed by atoms with Crippen LogP contribution in [0.1, 0.15) is 82.5 Å². The Morgan fingerprint density at radius 3 is 2.47 bits per heavy atom. The lowest BCUT2D eigenvalue weighted by molar-refractivity contribution is -0.138. The van der Waals surface area contributed by atoms with Crippen molar-refractivity contribution in [1.29, 1.82) is 5.26 Å². The summed E-state index contributed by atoms with van der Waals surface area (Å²) < 4.78 is 47.6. The van der Waals surface area contributed by atoms with Crippen LogP contribution in [0.15, 0.2) is 54.7 Å². The lowest BCUT2D eigenvalue weighted by Gasteiger charge is -2.32. The van der Waals surface area contributed by atoms with Gasteiger partial charge in [-0.05, 0) is 125 Å². The molecule has 0 saturated carbocycles. The maximum Gasteiger partial charge on any atom is 0.419 e. The third kappa shape index (κ3) is 9.24. The number of nitrogens with zero attached hydrogens (tertiary/aromatic N) is 5. The highest BCUT2D eigenvalue weighted by Gasteiger charge is 2.51. The van der Waals surface area contributed by atoms with Gasteiger partial charge in [-0.25, -0.2) is 4.98 Å². The summed E-state index contributed by atoms with van der Waals surface area (Å²) in [6.45, 7) is 9.56. The first-order valence-electron chi connectivity index (χ1n) is 19.1. The second-order valence-corrected chi connectivity index (χ2v) is 15.9. The molecule has 13 nitrogen and oxygen atoms in total. The van der Waals surface area contributed by atoms with Gasteiger partial charge >= 0.3 is 6.18 Å². The number of halogens is 3. The number of piperidine rings is 2. The number of rotatable bonds is 12. The monoisotopic (exact) mass is 818 g/mol. The second-order valence-electron chi connectivity index (χ2n) is 15.5. The molecule has 3 aliphatic rings. The van der Waals surface area contributed by atoms with E-state index in [0.29, 0.717) is 41.8 Å². The molecule has 1 unspecified atom stereocenters. The Hall–Kier alpha value is -5.60. The smallest absolute Gasteiger partial charge is 0.419 e. The van der Waals surface area contributed by atoms with Crippen LogP contribution in [0.2, 0.25) is 0 Å². The lowest BCUT2D eigenvalue weighted by atomic mass is 9.94. The molecule has 4 amide bonds.